The maximum absolute atomic E-state index is 12.0. The third-order valence-corrected chi connectivity index (χ3v) is 3.10. The highest BCUT2D eigenvalue weighted by Crippen LogP contribution is 2.18. The van der Waals surface area contributed by atoms with Crippen molar-refractivity contribution >= 4 is 18.1 Å². The standard InChI is InChI=1S/C16H20N2O5/c1-16(2,3)23-14(20)17-12(11-7-5-4-6-8-11)9-18-13(19)10-22-15(18)21/h4-8,12H,9-10H2,1-3H3,(H,17,20). The van der Waals surface area contributed by atoms with Gasteiger partial charge in [0, 0.05) is 0 Å². The first-order valence-electron chi connectivity index (χ1n) is 7.28. The molecule has 1 aromatic rings. The van der Waals surface area contributed by atoms with Crippen molar-refractivity contribution < 1.29 is 23.9 Å². The molecule has 0 aromatic heterocycles. The Morgan fingerprint density at radius 1 is 1.30 bits per heavy atom. The summed E-state index contributed by atoms with van der Waals surface area (Å²) in [5.74, 6) is -0.429. The van der Waals surface area contributed by atoms with E-state index in [-0.39, 0.29) is 13.2 Å². The highest BCUT2D eigenvalue weighted by Gasteiger charge is 2.34. The fourth-order valence-electron chi connectivity index (χ4n) is 2.11. The van der Waals surface area contributed by atoms with Crippen LogP contribution >= 0.6 is 0 Å². The molecular weight excluding hydrogens is 300 g/mol. The smallest absolute Gasteiger partial charge is 0.417 e. The number of imide groups is 1. The monoisotopic (exact) mass is 320 g/mol. The Balaban J connectivity index is 2.14. The van der Waals surface area contributed by atoms with Crippen molar-refractivity contribution in [3.05, 3.63) is 35.9 Å². The van der Waals surface area contributed by atoms with Gasteiger partial charge in [0.15, 0.2) is 6.61 Å². The van der Waals surface area contributed by atoms with Gasteiger partial charge in [-0.15, -0.1) is 0 Å². The van der Waals surface area contributed by atoms with E-state index in [9.17, 15) is 14.4 Å². The lowest BCUT2D eigenvalue weighted by molar-refractivity contribution is -0.126. The summed E-state index contributed by atoms with van der Waals surface area (Å²) in [5.41, 5.74) is 0.110. The van der Waals surface area contributed by atoms with Crippen LogP contribution in [0.15, 0.2) is 30.3 Å². The molecule has 1 unspecified atom stereocenters. The maximum atomic E-state index is 12.0. The van der Waals surface area contributed by atoms with Crippen LogP contribution in [0.25, 0.3) is 0 Å². The third-order valence-electron chi connectivity index (χ3n) is 3.10. The van der Waals surface area contributed by atoms with Crippen molar-refractivity contribution in [2.75, 3.05) is 13.2 Å². The molecule has 1 aliphatic rings. The molecule has 0 bridgehead atoms. The van der Waals surface area contributed by atoms with Gasteiger partial charge >= 0.3 is 12.2 Å². The highest BCUT2D eigenvalue weighted by atomic mass is 16.6. The van der Waals surface area contributed by atoms with Crippen LogP contribution in [-0.2, 0) is 14.3 Å². The van der Waals surface area contributed by atoms with E-state index in [4.69, 9.17) is 9.47 Å². The SMILES string of the molecule is CC(C)(C)OC(=O)NC(CN1C(=O)COC1=O)c1ccccc1. The van der Waals surface area contributed by atoms with Crippen molar-refractivity contribution in [1.82, 2.24) is 10.2 Å². The van der Waals surface area contributed by atoms with Crippen LogP contribution in [0.2, 0.25) is 0 Å². The normalized spacial score (nSPS) is 16.0. The first-order valence-corrected chi connectivity index (χ1v) is 7.28. The minimum atomic E-state index is -0.707. The number of carbonyl (C=O) groups is 3. The number of hydrogen-bond donors (Lipinski definition) is 1. The summed E-state index contributed by atoms with van der Waals surface area (Å²) in [5, 5.41) is 2.70. The summed E-state index contributed by atoms with van der Waals surface area (Å²) in [7, 11) is 0. The van der Waals surface area contributed by atoms with Crippen molar-refractivity contribution in [1.29, 1.82) is 0 Å². The Bertz CT molecular complexity index is 578. The van der Waals surface area contributed by atoms with Gasteiger partial charge in [-0.1, -0.05) is 30.3 Å². The first kappa shape index (κ1) is 16.8. The van der Waals surface area contributed by atoms with E-state index in [1.165, 1.54) is 0 Å². The molecule has 3 amide bonds. The largest absolute Gasteiger partial charge is 0.444 e. The molecule has 1 aromatic carbocycles. The van der Waals surface area contributed by atoms with Gasteiger partial charge < -0.3 is 14.8 Å². The second kappa shape index (κ2) is 6.68. The summed E-state index contributed by atoms with van der Waals surface area (Å²) in [6, 6.07) is 8.47. The molecule has 2 rings (SSSR count). The number of carbonyl (C=O) groups excluding carboxylic acids is 3. The van der Waals surface area contributed by atoms with Gasteiger partial charge in [-0.3, -0.25) is 4.79 Å². The summed E-state index contributed by atoms with van der Waals surface area (Å²) < 4.78 is 9.93. The van der Waals surface area contributed by atoms with E-state index in [1.54, 1.807) is 32.9 Å². The predicted octanol–water partition coefficient (Wildman–Crippen LogP) is 2.23. The lowest BCUT2D eigenvalue weighted by Gasteiger charge is -2.25. The number of ether oxygens (including phenoxy) is 2. The molecule has 1 heterocycles. The van der Waals surface area contributed by atoms with Gasteiger partial charge in [-0.25, -0.2) is 14.5 Å². The lowest BCUT2D eigenvalue weighted by Crippen LogP contribution is -2.42. The summed E-state index contributed by atoms with van der Waals surface area (Å²) >= 11 is 0. The fourth-order valence-corrected chi connectivity index (χ4v) is 2.11. The van der Waals surface area contributed by atoms with Gasteiger partial charge in [-0.2, -0.15) is 0 Å². The Morgan fingerprint density at radius 3 is 2.48 bits per heavy atom. The van der Waals surface area contributed by atoms with E-state index in [0.29, 0.717) is 0 Å². The summed E-state index contributed by atoms with van der Waals surface area (Å²) in [6.45, 7) is 4.98. The third kappa shape index (κ3) is 4.70. The van der Waals surface area contributed by atoms with Crippen LogP contribution < -0.4 is 5.32 Å². The molecule has 1 saturated heterocycles. The zero-order valence-corrected chi connectivity index (χ0v) is 13.4. The molecule has 1 atom stereocenters. The van der Waals surface area contributed by atoms with Crippen molar-refractivity contribution in [3.8, 4) is 0 Å². The van der Waals surface area contributed by atoms with Crippen LogP contribution in [0.5, 0.6) is 0 Å². The molecule has 1 N–H and O–H groups in total. The molecule has 7 heteroatoms. The molecular formula is C16H20N2O5. The van der Waals surface area contributed by atoms with Crippen LogP contribution in [0, 0.1) is 0 Å². The molecule has 1 fully saturated rings. The minimum absolute atomic E-state index is 0.0130. The maximum Gasteiger partial charge on any atom is 0.417 e. The number of alkyl carbamates (subject to hydrolysis) is 1. The van der Waals surface area contributed by atoms with Crippen molar-refractivity contribution in [2.45, 2.75) is 32.4 Å². The predicted molar refractivity (Wildman–Crippen MR) is 81.6 cm³/mol. The number of benzene rings is 1. The highest BCUT2D eigenvalue weighted by molar-refractivity contribution is 5.97. The van der Waals surface area contributed by atoms with E-state index in [1.807, 2.05) is 18.2 Å². The Labute approximate surface area is 134 Å². The van der Waals surface area contributed by atoms with E-state index < -0.39 is 29.7 Å². The Morgan fingerprint density at radius 2 is 1.96 bits per heavy atom. The van der Waals surface area contributed by atoms with Crippen LogP contribution in [-0.4, -0.2) is 41.7 Å². The quantitative estimate of drug-likeness (QED) is 0.919. The van der Waals surface area contributed by atoms with Crippen LogP contribution in [0.4, 0.5) is 9.59 Å². The number of nitrogens with one attached hydrogen (secondary N) is 1. The number of nitrogens with zero attached hydrogens (tertiary/aromatic N) is 1. The second-order valence-corrected chi connectivity index (χ2v) is 6.17. The Hall–Kier alpha value is -2.57. The number of amides is 3. The van der Waals surface area contributed by atoms with E-state index in [2.05, 4.69) is 5.32 Å². The zero-order valence-electron chi connectivity index (χ0n) is 13.4. The number of rotatable bonds is 4. The van der Waals surface area contributed by atoms with Gasteiger partial charge in [-0.05, 0) is 26.3 Å². The van der Waals surface area contributed by atoms with Gasteiger partial charge in [0.25, 0.3) is 5.91 Å². The Kier molecular flexibility index (Phi) is 4.88. The average Bonchev–Trinajstić information content (AvgIpc) is 2.77. The minimum Gasteiger partial charge on any atom is -0.444 e. The van der Waals surface area contributed by atoms with Crippen LogP contribution in [0.3, 0.4) is 0 Å². The molecule has 0 saturated carbocycles. The topological polar surface area (TPSA) is 84.9 Å². The second-order valence-electron chi connectivity index (χ2n) is 6.17. The van der Waals surface area contributed by atoms with Gasteiger partial charge in [0.1, 0.15) is 5.60 Å². The van der Waals surface area contributed by atoms with Gasteiger partial charge in [0.2, 0.25) is 0 Å². The lowest BCUT2D eigenvalue weighted by atomic mass is 10.1. The zero-order chi connectivity index (χ0) is 17.0. The fraction of sp³-hybridized carbons (Fsp3) is 0.438. The number of cyclic esters (lactones) is 1. The van der Waals surface area contributed by atoms with E-state index >= 15 is 0 Å². The molecule has 0 spiro atoms. The average molecular weight is 320 g/mol. The van der Waals surface area contributed by atoms with E-state index in [0.717, 1.165) is 10.5 Å². The summed E-state index contributed by atoms with van der Waals surface area (Å²) in [4.78, 5) is 36.3. The van der Waals surface area contributed by atoms with Crippen molar-refractivity contribution in [2.24, 2.45) is 0 Å². The van der Waals surface area contributed by atoms with Gasteiger partial charge in [0.05, 0.1) is 12.6 Å². The van der Waals surface area contributed by atoms with Crippen molar-refractivity contribution in [3.63, 3.8) is 0 Å². The molecule has 124 valence electrons. The van der Waals surface area contributed by atoms with Crippen LogP contribution in [0.1, 0.15) is 32.4 Å². The molecule has 0 aliphatic carbocycles. The molecule has 1 aliphatic heterocycles. The molecule has 7 nitrogen and oxygen atoms in total. The molecule has 0 radical (unpaired) electrons. The molecule has 23 heavy (non-hydrogen) atoms. The first-order chi connectivity index (χ1) is 10.8. The summed E-state index contributed by atoms with van der Waals surface area (Å²) in [6.07, 6.45) is -1.33. The number of hydrogen-bond acceptors (Lipinski definition) is 5.